The number of nitrogens with zero attached hydrogens (tertiary/aromatic N) is 1. The summed E-state index contributed by atoms with van der Waals surface area (Å²) in [4.78, 5) is 4.05. The molecule has 0 aliphatic carbocycles. The van der Waals surface area contributed by atoms with Gasteiger partial charge in [-0.1, -0.05) is 68.2 Å². The number of hydrogen-bond acceptors (Lipinski definition) is 2. The topological polar surface area (TPSA) is 24.9 Å². The normalized spacial score (nSPS) is 8.88. The second kappa shape index (κ2) is 19.1. The molecule has 1 radical (unpaired) electrons. The second-order valence-electron chi connectivity index (χ2n) is 5.93. The van der Waals surface area contributed by atoms with Crippen LogP contribution in [0.2, 0.25) is 0 Å². The summed E-state index contributed by atoms with van der Waals surface area (Å²) >= 11 is 0. The van der Waals surface area contributed by atoms with Crippen LogP contribution in [-0.4, -0.2) is 17.6 Å². The molecule has 1 N–H and O–H groups in total. The zero-order valence-electron chi connectivity index (χ0n) is 14.6. The first kappa shape index (κ1) is 33.0. The molecule has 0 fully saturated rings. The molecular formula is C22H39FN2Y. The first-order valence-electron chi connectivity index (χ1n) is 7.86. The molecular weight excluding hydrogens is 400 g/mol. The van der Waals surface area contributed by atoms with Crippen LogP contribution in [0.4, 0.5) is 4.39 Å². The van der Waals surface area contributed by atoms with Crippen molar-refractivity contribution in [3.63, 3.8) is 0 Å². The van der Waals surface area contributed by atoms with Crippen molar-refractivity contribution in [3.05, 3.63) is 65.7 Å². The third-order valence-corrected chi connectivity index (χ3v) is 3.23. The Morgan fingerprint density at radius 2 is 1.54 bits per heavy atom. The van der Waals surface area contributed by atoms with Crippen LogP contribution in [0.1, 0.15) is 67.0 Å². The van der Waals surface area contributed by atoms with Crippen molar-refractivity contribution in [2.24, 2.45) is 0 Å². The van der Waals surface area contributed by atoms with Crippen LogP contribution in [0.3, 0.4) is 0 Å². The van der Waals surface area contributed by atoms with Gasteiger partial charge in [-0.3, -0.25) is 4.98 Å². The van der Waals surface area contributed by atoms with E-state index in [9.17, 15) is 4.39 Å². The minimum Gasteiger partial charge on any atom is -0.314 e. The zero-order valence-corrected chi connectivity index (χ0v) is 17.4. The van der Waals surface area contributed by atoms with Gasteiger partial charge in [0.25, 0.3) is 0 Å². The van der Waals surface area contributed by atoms with Gasteiger partial charge in [0.1, 0.15) is 5.82 Å². The van der Waals surface area contributed by atoms with Crippen LogP contribution in [0.15, 0.2) is 48.8 Å². The molecule has 0 saturated heterocycles. The second-order valence-corrected chi connectivity index (χ2v) is 5.93. The quantitative estimate of drug-likeness (QED) is 0.577. The monoisotopic (exact) mass is 439 g/mol. The number of pyridine rings is 1. The molecule has 0 saturated carbocycles. The molecule has 0 unspecified atom stereocenters. The number of benzene rings is 1. The smallest absolute Gasteiger partial charge is 0.123 e. The molecule has 0 amide bonds. The van der Waals surface area contributed by atoms with E-state index in [2.05, 4.69) is 44.1 Å². The fraction of sp³-hybridized carbons (Fsp3) is 0.500. The molecule has 1 aromatic heterocycles. The molecule has 0 bridgehead atoms. The van der Waals surface area contributed by atoms with Crippen LogP contribution in [0, 0.1) is 5.82 Å². The predicted molar refractivity (Wildman–Crippen MR) is 112 cm³/mol. The molecule has 26 heavy (non-hydrogen) atoms. The van der Waals surface area contributed by atoms with Crippen molar-refractivity contribution in [1.82, 2.24) is 10.3 Å². The largest absolute Gasteiger partial charge is 0.314 e. The maximum absolute atomic E-state index is 12.4. The summed E-state index contributed by atoms with van der Waals surface area (Å²) in [6, 6.07) is 11.3. The first-order chi connectivity index (χ1) is 10.5. The van der Waals surface area contributed by atoms with Crippen molar-refractivity contribution >= 4 is 0 Å². The Morgan fingerprint density at radius 1 is 0.962 bits per heavy atom. The fourth-order valence-electron chi connectivity index (χ4n) is 1.90. The predicted octanol–water partition coefficient (Wildman–Crippen LogP) is 6.48. The summed E-state index contributed by atoms with van der Waals surface area (Å²) < 4.78 is 12.4. The molecule has 1 heterocycles. The molecule has 2 rings (SSSR count). The number of hydrogen-bond donors (Lipinski definition) is 1. The number of rotatable bonds is 5. The molecule has 0 spiro atoms. The minimum atomic E-state index is -0.163. The van der Waals surface area contributed by atoms with Crippen LogP contribution in [-0.2, 0) is 39.1 Å². The Bertz CT molecular complexity index is 513. The summed E-state index contributed by atoms with van der Waals surface area (Å²) in [5.74, 6) is 0.324. The van der Waals surface area contributed by atoms with Gasteiger partial charge < -0.3 is 5.32 Å². The first-order valence-corrected chi connectivity index (χ1v) is 7.86. The molecule has 0 aliphatic heterocycles. The third-order valence-electron chi connectivity index (χ3n) is 3.23. The average molecular weight is 439 g/mol. The Balaban J connectivity index is -0.000000163. The molecule has 2 nitrogen and oxygen atoms in total. The van der Waals surface area contributed by atoms with Gasteiger partial charge in [0.15, 0.2) is 0 Å². The van der Waals surface area contributed by atoms with Gasteiger partial charge in [-0.25, -0.2) is 4.39 Å². The van der Waals surface area contributed by atoms with Crippen molar-refractivity contribution in [2.45, 2.75) is 68.4 Å². The molecule has 147 valence electrons. The maximum Gasteiger partial charge on any atom is 0.123 e. The van der Waals surface area contributed by atoms with Crippen molar-refractivity contribution < 1.29 is 37.1 Å². The average Bonchev–Trinajstić information content (AvgIpc) is 2.49. The van der Waals surface area contributed by atoms with E-state index in [1.807, 2.05) is 24.4 Å². The fourth-order valence-corrected chi connectivity index (χ4v) is 1.90. The molecule has 0 aliphatic rings. The number of nitrogens with one attached hydrogen (secondary N) is 1. The van der Waals surface area contributed by atoms with E-state index in [0.29, 0.717) is 12.0 Å². The van der Waals surface area contributed by atoms with Gasteiger partial charge in [0, 0.05) is 51.1 Å². The van der Waals surface area contributed by atoms with Gasteiger partial charge in [0.2, 0.25) is 0 Å². The SMILES string of the molecule is C.C.C.CC(C)NCCc1cccnc1.CC(C)c1ccc(F)cc1.[Y]. The van der Waals surface area contributed by atoms with E-state index in [0.717, 1.165) is 13.0 Å². The van der Waals surface area contributed by atoms with Gasteiger partial charge in [0.05, 0.1) is 0 Å². The Hall–Kier alpha value is -0.636. The van der Waals surface area contributed by atoms with Gasteiger partial charge in [-0.15, -0.1) is 0 Å². The zero-order chi connectivity index (χ0) is 16.4. The van der Waals surface area contributed by atoms with Gasteiger partial charge in [-0.2, -0.15) is 0 Å². The molecule has 4 heteroatoms. The Kier molecular flexibility index (Phi) is 24.3. The van der Waals surface area contributed by atoms with Crippen LogP contribution >= 0.6 is 0 Å². The summed E-state index contributed by atoms with van der Waals surface area (Å²) in [5.41, 5.74) is 2.48. The van der Waals surface area contributed by atoms with E-state index < -0.39 is 0 Å². The Labute approximate surface area is 187 Å². The Morgan fingerprint density at radius 3 is 1.96 bits per heavy atom. The summed E-state index contributed by atoms with van der Waals surface area (Å²) in [6.45, 7) is 9.52. The van der Waals surface area contributed by atoms with Crippen LogP contribution in [0.5, 0.6) is 0 Å². The molecule has 1 aromatic carbocycles. The van der Waals surface area contributed by atoms with E-state index in [4.69, 9.17) is 0 Å². The minimum absolute atomic E-state index is 0. The molecule has 0 atom stereocenters. The van der Waals surface area contributed by atoms with E-state index in [1.54, 1.807) is 6.20 Å². The number of halogens is 1. The van der Waals surface area contributed by atoms with Crippen molar-refractivity contribution in [3.8, 4) is 0 Å². The van der Waals surface area contributed by atoms with Crippen LogP contribution < -0.4 is 5.32 Å². The summed E-state index contributed by atoms with van der Waals surface area (Å²) in [5, 5.41) is 3.37. The number of aromatic nitrogens is 1. The standard InChI is InChI=1S/C10H16N2.C9H11F.3CH4.Y/c1-9(2)12-7-5-10-4-3-6-11-8-10;1-7(2)8-3-5-9(10)6-4-8;;;;/h3-4,6,8-9,12H,5,7H2,1-2H3;3-7H,1-2H3;3*1H4;. The van der Waals surface area contributed by atoms with Gasteiger partial charge >= 0.3 is 0 Å². The molecule has 2 aromatic rings. The summed E-state index contributed by atoms with van der Waals surface area (Å²) in [7, 11) is 0. The third kappa shape index (κ3) is 15.6. The van der Waals surface area contributed by atoms with E-state index in [1.165, 1.54) is 23.3 Å². The van der Waals surface area contributed by atoms with Gasteiger partial charge in [-0.05, 0) is 48.2 Å². The summed E-state index contributed by atoms with van der Waals surface area (Å²) in [6.07, 6.45) is 4.79. The maximum atomic E-state index is 12.4. The van der Waals surface area contributed by atoms with Crippen molar-refractivity contribution in [2.75, 3.05) is 6.54 Å². The van der Waals surface area contributed by atoms with Crippen LogP contribution in [0.25, 0.3) is 0 Å². The van der Waals surface area contributed by atoms with E-state index in [-0.39, 0.29) is 60.8 Å². The van der Waals surface area contributed by atoms with Crippen molar-refractivity contribution in [1.29, 1.82) is 0 Å². The van der Waals surface area contributed by atoms with E-state index >= 15 is 0 Å².